The summed E-state index contributed by atoms with van der Waals surface area (Å²) in [4.78, 5) is 0. The second-order valence-electron chi connectivity index (χ2n) is 5.02. The van der Waals surface area contributed by atoms with Crippen LogP contribution in [0.15, 0.2) is 24.3 Å². The summed E-state index contributed by atoms with van der Waals surface area (Å²) in [5.41, 5.74) is 0.380. The van der Waals surface area contributed by atoms with E-state index in [1.54, 1.807) is 6.07 Å². The highest BCUT2D eigenvalue weighted by Gasteiger charge is 2.15. The molecule has 0 radical (unpaired) electrons. The Morgan fingerprint density at radius 3 is 2.63 bits per heavy atom. The van der Waals surface area contributed by atoms with E-state index >= 15 is 0 Å². The molecule has 0 fully saturated rings. The van der Waals surface area contributed by atoms with E-state index in [-0.39, 0.29) is 12.3 Å². The minimum atomic E-state index is -3.56. The first-order valence-corrected chi connectivity index (χ1v) is 7.83. The Hall–Kier alpha value is -0.980. The number of hydrogen-bond acceptors (Lipinski definition) is 3. The SMILES string of the molecule is CC(C)CC(O)CNS(=O)(=O)Cc1cccc(F)c1. The lowest BCUT2D eigenvalue weighted by atomic mass is 10.1. The monoisotopic (exact) mass is 289 g/mol. The van der Waals surface area contributed by atoms with Crippen LogP contribution < -0.4 is 4.72 Å². The van der Waals surface area contributed by atoms with Crippen LogP contribution in [0, 0.1) is 11.7 Å². The topological polar surface area (TPSA) is 66.4 Å². The van der Waals surface area contributed by atoms with Gasteiger partial charge in [-0.15, -0.1) is 0 Å². The zero-order valence-corrected chi connectivity index (χ0v) is 12.0. The van der Waals surface area contributed by atoms with Gasteiger partial charge in [-0.05, 0) is 30.0 Å². The van der Waals surface area contributed by atoms with Crippen LogP contribution in [-0.2, 0) is 15.8 Å². The summed E-state index contributed by atoms with van der Waals surface area (Å²) in [5.74, 6) is -0.464. The fourth-order valence-electron chi connectivity index (χ4n) is 1.75. The number of aliphatic hydroxyl groups excluding tert-OH is 1. The van der Waals surface area contributed by atoms with Crippen LogP contribution in [-0.4, -0.2) is 26.2 Å². The molecule has 1 unspecified atom stereocenters. The Labute approximate surface area is 113 Å². The summed E-state index contributed by atoms with van der Waals surface area (Å²) in [6.45, 7) is 3.88. The third kappa shape index (κ3) is 6.66. The summed E-state index contributed by atoms with van der Waals surface area (Å²) in [5, 5.41) is 9.61. The summed E-state index contributed by atoms with van der Waals surface area (Å²) < 4.78 is 38.8. The Kier molecular flexibility index (Phi) is 5.90. The molecule has 0 amide bonds. The van der Waals surface area contributed by atoms with Crippen LogP contribution in [0.4, 0.5) is 4.39 Å². The zero-order valence-electron chi connectivity index (χ0n) is 11.1. The zero-order chi connectivity index (χ0) is 14.5. The lowest BCUT2D eigenvalue weighted by Gasteiger charge is -2.14. The van der Waals surface area contributed by atoms with Crippen LogP contribution in [0.2, 0.25) is 0 Å². The minimum Gasteiger partial charge on any atom is -0.392 e. The molecule has 108 valence electrons. The van der Waals surface area contributed by atoms with Gasteiger partial charge in [-0.2, -0.15) is 0 Å². The standard InChI is InChI=1S/C13H20FNO3S/c1-10(2)6-13(16)8-15-19(17,18)9-11-4-3-5-12(14)7-11/h3-5,7,10,13,15-16H,6,8-9H2,1-2H3. The maximum absolute atomic E-state index is 12.9. The third-order valence-electron chi connectivity index (χ3n) is 2.53. The molecule has 4 nitrogen and oxygen atoms in total. The quantitative estimate of drug-likeness (QED) is 0.802. The van der Waals surface area contributed by atoms with Gasteiger partial charge in [-0.1, -0.05) is 26.0 Å². The fourth-order valence-corrected chi connectivity index (χ4v) is 2.91. The Morgan fingerprint density at radius 1 is 1.37 bits per heavy atom. The van der Waals surface area contributed by atoms with E-state index in [9.17, 15) is 17.9 Å². The summed E-state index contributed by atoms with van der Waals surface area (Å²) in [6, 6.07) is 5.46. The summed E-state index contributed by atoms with van der Waals surface area (Å²) >= 11 is 0. The van der Waals surface area contributed by atoms with Crippen LogP contribution in [0.25, 0.3) is 0 Å². The van der Waals surface area contributed by atoms with E-state index < -0.39 is 21.9 Å². The molecule has 19 heavy (non-hydrogen) atoms. The molecule has 0 heterocycles. The molecule has 0 aliphatic carbocycles. The second kappa shape index (κ2) is 6.98. The fraction of sp³-hybridized carbons (Fsp3) is 0.538. The molecular weight excluding hydrogens is 269 g/mol. The van der Waals surface area contributed by atoms with Crippen molar-refractivity contribution in [2.45, 2.75) is 32.1 Å². The molecule has 0 saturated carbocycles. The molecule has 6 heteroatoms. The van der Waals surface area contributed by atoms with Gasteiger partial charge in [0.1, 0.15) is 5.82 Å². The highest BCUT2D eigenvalue weighted by atomic mass is 32.2. The molecule has 1 aromatic carbocycles. The van der Waals surface area contributed by atoms with Gasteiger partial charge >= 0.3 is 0 Å². The molecule has 0 aliphatic heterocycles. The van der Waals surface area contributed by atoms with Crippen molar-refractivity contribution in [2.75, 3.05) is 6.54 Å². The van der Waals surface area contributed by atoms with Gasteiger partial charge in [0.05, 0.1) is 11.9 Å². The molecule has 0 spiro atoms. The van der Waals surface area contributed by atoms with Crippen LogP contribution in [0.1, 0.15) is 25.8 Å². The first-order chi connectivity index (χ1) is 8.78. The predicted molar refractivity (Wildman–Crippen MR) is 72.5 cm³/mol. The van der Waals surface area contributed by atoms with Crippen molar-refractivity contribution in [2.24, 2.45) is 5.92 Å². The smallest absolute Gasteiger partial charge is 0.215 e. The number of nitrogens with one attached hydrogen (secondary N) is 1. The maximum atomic E-state index is 12.9. The number of hydrogen-bond donors (Lipinski definition) is 2. The van der Waals surface area contributed by atoms with E-state index in [0.717, 1.165) is 0 Å². The predicted octanol–water partition coefficient (Wildman–Crippen LogP) is 1.65. The van der Waals surface area contributed by atoms with Crippen molar-refractivity contribution in [3.05, 3.63) is 35.6 Å². The molecule has 2 N–H and O–H groups in total. The first kappa shape index (κ1) is 16.1. The average molecular weight is 289 g/mol. The maximum Gasteiger partial charge on any atom is 0.215 e. The van der Waals surface area contributed by atoms with Gasteiger partial charge in [-0.3, -0.25) is 0 Å². The highest BCUT2D eigenvalue weighted by molar-refractivity contribution is 7.88. The van der Waals surface area contributed by atoms with E-state index in [0.29, 0.717) is 17.9 Å². The summed E-state index contributed by atoms with van der Waals surface area (Å²) in [7, 11) is -3.56. The van der Waals surface area contributed by atoms with Crippen molar-refractivity contribution < 1.29 is 17.9 Å². The van der Waals surface area contributed by atoms with E-state index in [4.69, 9.17) is 0 Å². The van der Waals surface area contributed by atoms with E-state index in [1.165, 1.54) is 18.2 Å². The van der Waals surface area contributed by atoms with Gasteiger partial charge < -0.3 is 5.11 Å². The Morgan fingerprint density at radius 2 is 2.05 bits per heavy atom. The molecule has 0 aromatic heterocycles. The number of benzene rings is 1. The molecule has 1 aromatic rings. The normalized spacial score (nSPS) is 13.7. The third-order valence-corrected chi connectivity index (χ3v) is 3.85. The second-order valence-corrected chi connectivity index (χ2v) is 6.83. The van der Waals surface area contributed by atoms with Crippen molar-refractivity contribution in [3.8, 4) is 0 Å². The number of aliphatic hydroxyl groups is 1. The van der Waals surface area contributed by atoms with Gasteiger partial charge in [0, 0.05) is 6.54 Å². The Bertz CT molecular complexity index is 502. The lowest BCUT2D eigenvalue weighted by molar-refractivity contribution is 0.152. The molecule has 0 saturated heterocycles. The first-order valence-electron chi connectivity index (χ1n) is 6.18. The molecule has 1 rings (SSSR count). The molecule has 0 bridgehead atoms. The average Bonchev–Trinajstić information content (AvgIpc) is 2.25. The van der Waals surface area contributed by atoms with Gasteiger partial charge in [0.15, 0.2) is 0 Å². The van der Waals surface area contributed by atoms with Gasteiger partial charge in [0.2, 0.25) is 10.0 Å². The number of rotatable bonds is 7. The number of halogens is 1. The molecule has 0 aliphatic rings. The van der Waals surface area contributed by atoms with Gasteiger partial charge in [-0.25, -0.2) is 17.5 Å². The molecular formula is C13H20FNO3S. The van der Waals surface area contributed by atoms with Crippen molar-refractivity contribution >= 4 is 10.0 Å². The van der Waals surface area contributed by atoms with Crippen LogP contribution >= 0.6 is 0 Å². The van der Waals surface area contributed by atoms with Crippen molar-refractivity contribution in [1.82, 2.24) is 4.72 Å². The summed E-state index contributed by atoms with van der Waals surface area (Å²) in [6.07, 6.45) is -0.176. The van der Waals surface area contributed by atoms with Gasteiger partial charge in [0.25, 0.3) is 0 Å². The Balaban J connectivity index is 2.53. The lowest BCUT2D eigenvalue weighted by Crippen LogP contribution is -2.33. The largest absolute Gasteiger partial charge is 0.392 e. The van der Waals surface area contributed by atoms with Crippen molar-refractivity contribution in [3.63, 3.8) is 0 Å². The van der Waals surface area contributed by atoms with Crippen LogP contribution in [0.3, 0.4) is 0 Å². The van der Waals surface area contributed by atoms with E-state index in [2.05, 4.69) is 4.72 Å². The minimum absolute atomic E-state index is 0.0180. The number of sulfonamides is 1. The molecule has 1 atom stereocenters. The van der Waals surface area contributed by atoms with E-state index in [1.807, 2.05) is 13.8 Å². The highest BCUT2D eigenvalue weighted by Crippen LogP contribution is 2.08. The van der Waals surface area contributed by atoms with Crippen LogP contribution in [0.5, 0.6) is 0 Å². The van der Waals surface area contributed by atoms with Crippen molar-refractivity contribution in [1.29, 1.82) is 0 Å².